The highest BCUT2D eigenvalue weighted by Gasteiger charge is 2.18. The molecule has 0 atom stereocenters. The quantitative estimate of drug-likeness (QED) is 0.195. The number of thiophene rings is 1. The van der Waals surface area contributed by atoms with Crippen molar-refractivity contribution in [2.24, 2.45) is 0 Å². The first-order valence-corrected chi connectivity index (χ1v) is 13.5. The summed E-state index contributed by atoms with van der Waals surface area (Å²) < 4.78 is 5.35. The molecule has 0 amide bonds. The third-order valence-corrected chi connectivity index (χ3v) is 6.14. The third-order valence-electron chi connectivity index (χ3n) is 5.51. The second-order valence-electron chi connectivity index (χ2n) is 8.40. The molecule has 4 nitrogen and oxygen atoms in total. The number of rotatable bonds is 16. The van der Waals surface area contributed by atoms with Gasteiger partial charge in [0.15, 0.2) is 0 Å². The summed E-state index contributed by atoms with van der Waals surface area (Å²) in [7, 11) is 0. The molecule has 0 unspecified atom stereocenters. The minimum Gasteiger partial charge on any atom is -0.478 e. The maximum absolute atomic E-state index is 12.4. The lowest BCUT2D eigenvalue weighted by atomic mass is 9.99. The summed E-state index contributed by atoms with van der Waals surface area (Å²) in [5.74, 6) is -1.60. The van der Waals surface area contributed by atoms with Crippen molar-refractivity contribution in [3.05, 3.63) is 57.8 Å². The maximum Gasteiger partial charge on any atom is 0.339 e. The van der Waals surface area contributed by atoms with Crippen LogP contribution in [-0.4, -0.2) is 23.7 Å². The molecular weight excluding hydrogens is 432 g/mol. The highest BCUT2D eigenvalue weighted by molar-refractivity contribution is 7.07. The van der Waals surface area contributed by atoms with Gasteiger partial charge in [-0.3, -0.25) is 0 Å². The summed E-state index contributed by atoms with van der Waals surface area (Å²) in [6, 6.07) is 9.10. The van der Waals surface area contributed by atoms with Gasteiger partial charge >= 0.3 is 11.9 Å². The van der Waals surface area contributed by atoms with E-state index >= 15 is 0 Å². The van der Waals surface area contributed by atoms with Crippen LogP contribution in [-0.2, 0) is 11.2 Å². The SMILES string of the molecule is CCCCCCCCOC(=O)c1cc(CCCCCCCC)ccc1C(=O)O.c1ccsc1. The number of esters is 1. The van der Waals surface area contributed by atoms with E-state index in [2.05, 4.69) is 13.8 Å². The molecule has 0 fully saturated rings. The molecule has 0 saturated heterocycles. The Bertz CT molecular complexity index is 738. The number of aromatic carboxylic acids is 1. The van der Waals surface area contributed by atoms with Gasteiger partial charge in [0, 0.05) is 0 Å². The van der Waals surface area contributed by atoms with E-state index in [4.69, 9.17) is 4.74 Å². The van der Waals surface area contributed by atoms with E-state index < -0.39 is 11.9 Å². The Morgan fingerprint density at radius 1 is 0.788 bits per heavy atom. The summed E-state index contributed by atoms with van der Waals surface area (Å²) in [5, 5.41) is 13.5. The van der Waals surface area contributed by atoms with Gasteiger partial charge in [0.1, 0.15) is 0 Å². The standard InChI is InChI=1S/C24H38O4.C4H4S/c1-3-5-7-9-11-13-15-20-16-17-21(23(25)26)22(19-20)24(27)28-18-14-12-10-8-6-4-2;1-2-4-5-3-1/h16-17,19H,3-15,18H2,1-2H3,(H,25,26);1-4H. The molecule has 0 aliphatic carbocycles. The molecule has 0 aliphatic rings. The zero-order chi connectivity index (χ0) is 24.2. The molecule has 1 aromatic heterocycles. The minimum atomic E-state index is -1.09. The van der Waals surface area contributed by atoms with Crippen LogP contribution in [0.5, 0.6) is 0 Å². The van der Waals surface area contributed by atoms with E-state index in [0.29, 0.717) is 6.61 Å². The maximum atomic E-state index is 12.4. The molecule has 0 spiro atoms. The minimum absolute atomic E-state index is 0.0274. The summed E-state index contributed by atoms with van der Waals surface area (Å²) in [6.45, 7) is 4.74. The fraction of sp³-hybridized carbons (Fsp3) is 0.571. The van der Waals surface area contributed by atoms with E-state index in [1.165, 1.54) is 57.4 Å². The average Bonchev–Trinajstić information content (AvgIpc) is 3.41. The monoisotopic (exact) mass is 474 g/mol. The Morgan fingerprint density at radius 3 is 1.91 bits per heavy atom. The van der Waals surface area contributed by atoms with Crippen molar-refractivity contribution in [2.75, 3.05) is 6.61 Å². The van der Waals surface area contributed by atoms with Gasteiger partial charge in [-0.2, -0.15) is 11.3 Å². The van der Waals surface area contributed by atoms with Gasteiger partial charge in [-0.1, -0.05) is 96.3 Å². The normalized spacial score (nSPS) is 10.4. The zero-order valence-corrected chi connectivity index (χ0v) is 21.3. The summed E-state index contributed by atoms with van der Waals surface area (Å²) in [6.07, 6.45) is 14.8. The number of unbranched alkanes of at least 4 members (excludes halogenated alkanes) is 10. The largest absolute Gasteiger partial charge is 0.478 e. The van der Waals surface area contributed by atoms with Crippen molar-refractivity contribution in [1.82, 2.24) is 0 Å². The van der Waals surface area contributed by atoms with Gasteiger partial charge in [-0.05, 0) is 47.7 Å². The van der Waals surface area contributed by atoms with Crippen molar-refractivity contribution in [2.45, 2.75) is 97.3 Å². The lowest BCUT2D eigenvalue weighted by Crippen LogP contribution is -2.13. The zero-order valence-electron chi connectivity index (χ0n) is 20.5. The van der Waals surface area contributed by atoms with Crippen LogP contribution in [0.2, 0.25) is 0 Å². The highest BCUT2D eigenvalue weighted by atomic mass is 32.1. The second kappa shape index (κ2) is 19.3. The Hall–Kier alpha value is -2.14. The summed E-state index contributed by atoms with van der Waals surface area (Å²) >= 11 is 1.71. The van der Waals surface area contributed by atoms with E-state index in [1.807, 2.05) is 29.0 Å². The number of hydrogen-bond donors (Lipinski definition) is 1. The number of ether oxygens (including phenoxy) is 1. The van der Waals surface area contributed by atoms with Gasteiger partial charge in [0.05, 0.1) is 17.7 Å². The van der Waals surface area contributed by atoms with Crippen LogP contribution in [0.3, 0.4) is 0 Å². The van der Waals surface area contributed by atoms with Crippen LogP contribution >= 0.6 is 11.3 Å². The molecular formula is C28H42O4S. The van der Waals surface area contributed by atoms with Crippen LogP contribution in [0.1, 0.15) is 117 Å². The lowest BCUT2D eigenvalue weighted by molar-refractivity contribution is 0.0487. The first-order valence-electron chi connectivity index (χ1n) is 12.6. The smallest absolute Gasteiger partial charge is 0.339 e. The highest BCUT2D eigenvalue weighted by Crippen LogP contribution is 2.17. The lowest BCUT2D eigenvalue weighted by Gasteiger charge is -2.10. The van der Waals surface area contributed by atoms with Crippen molar-refractivity contribution in [3.8, 4) is 0 Å². The average molecular weight is 475 g/mol. The van der Waals surface area contributed by atoms with Gasteiger partial charge < -0.3 is 9.84 Å². The number of carboxylic acid groups (broad SMARTS) is 1. The molecule has 0 saturated carbocycles. The Kier molecular flexibility index (Phi) is 16.9. The molecule has 0 aliphatic heterocycles. The Balaban J connectivity index is 0.000000953. The molecule has 5 heteroatoms. The fourth-order valence-corrected chi connectivity index (χ4v) is 4.02. The molecule has 0 bridgehead atoms. The number of aryl methyl sites for hydroxylation is 1. The molecule has 1 aromatic carbocycles. The van der Waals surface area contributed by atoms with Gasteiger partial charge in [-0.15, -0.1) is 0 Å². The first kappa shape index (κ1) is 28.9. The van der Waals surface area contributed by atoms with Crippen molar-refractivity contribution in [1.29, 1.82) is 0 Å². The number of benzene rings is 1. The first-order chi connectivity index (χ1) is 16.1. The van der Waals surface area contributed by atoms with Gasteiger partial charge in [-0.25, -0.2) is 9.59 Å². The molecule has 0 radical (unpaired) electrons. The Labute approximate surface area is 204 Å². The number of carboxylic acids is 1. The van der Waals surface area contributed by atoms with Crippen LogP contribution < -0.4 is 0 Å². The molecule has 33 heavy (non-hydrogen) atoms. The molecule has 1 N–H and O–H groups in total. The van der Waals surface area contributed by atoms with Crippen molar-refractivity contribution in [3.63, 3.8) is 0 Å². The van der Waals surface area contributed by atoms with E-state index in [0.717, 1.165) is 37.7 Å². The van der Waals surface area contributed by atoms with Crippen molar-refractivity contribution < 1.29 is 19.4 Å². The van der Waals surface area contributed by atoms with E-state index in [-0.39, 0.29) is 11.1 Å². The Morgan fingerprint density at radius 2 is 1.36 bits per heavy atom. The summed E-state index contributed by atoms with van der Waals surface area (Å²) in [4.78, 5) is 23.9. The molecule has 2 aromatic rings. The van der Waals surface area contributed by atoms with E-state index in [1.54, 1.807) is 17.4 Å². The fourth-order valence-electron chi connectivity index (χ4n) is 3.56. The number of hydrogen-bond acceptors (Lipinski definition) is 4. The van der Waals surface area contributed by atoms with Crippen LogP contribution in [0.25, 0.3) is 0 Å². The topological polar surface area (TPSA) is 63.6 Å². The number of carbonyl (C=O) groups is 2. The van der Waals surface area contributed by atoms with Gasteiger partial charge in [0.25, 0.3) is 0 Å². The van der Waals surface area contributed by atoms with Crippen LogP contribution in [0.15, 0.2) is 41.1 Å². The second-order valence-corrected chi connectivity index (χ2v) is 9.22. The number of carbonyl (C=O) groups excluding carboxylic acids is 1. The molecule has 2 rings (SSSR count). The predicted octanol–water partition coefficient (Wildman–Crippen LogP) is 8.55. The van der Waals surface area contributed by atoms with Crippen LogP contribution in [0.4, 0.5) is 0 Å². The van der Waals surface area contributed by atoms with E-state index in [9.17, 15) is 14.7 Å². The summed E-state index contributed by atoms with van der Waals surface area (Å²) in [5.41, 5.74) is 1.22. The molecule has 1 heterocycles. The molecule has 184 valence electrons. The van der Waals surface area contributed by atoms with Crippen molar-refractivity contribution >= 4 is 23.3 Å². The third kappa shape index (κ3) is 13.9. The van der Waals surface area contributed by atoms with Gasteiger partial charge in [0.2, 0.25) is 0 Å². The van der Waals surface area contributed by atoms with Crippen LogP contribution in [0, 0.1) is 0 Å². The predicted molar refractivity (Wildman–Crippen MR) is 138 cm³/mol.